The highest BCUT2D eigenvalue weighted by molar-refractivity contribution is 6.29. The third-order valence-electron chi connectivity index (χ3n) is 1.11. The van der Waals surface area contributed by atoms with E-state index in [1.807, 2.05) is 0 Å². The topological polar surface area (TPSA) is 63.1 Å². The molecule has 0 amide bonds. The average Bonchev–Trinajstić information content (AvgIpc) is 1.94. The molecule has 0 bridgehead atoms. The number of hydrogen-bond acceptors (Lipinski definition) is 3. The van der Waals surface area contributed by atoms with Gasteiger partial charge in [0.1, 0.15) is 5.15 Å². The number of nitrogens with zero attached hydrogens (tertiary/aromatic N) is 2. The lowest BCUT2D eigenvalue weighted by Crippen LogP contribution is -2.02. The molecule has 0 spiro atoms. The van der Waals surface area contributed by atoms with Crippen molar-refractivity contribution in [1.82, 2.24) is 9.97 Å². The summed E-state index contributed by atoms with van der Waals surface area (Å²) in [5.74, 6) is -1.10. The Kier molecular flexibility index (Phi) is 2.05. The minimum atomic E-state index is -1.10. The molecule has 0 radical (unpaired) electrons. The molecule has 1 heterocycles. The van der Waals surface area contributed by atoms with Gasteiger partial charge in [-0.05, 0) is 6.92 Å². The predicted octanol–water partition coefficient (Wildman–Crippen LogP) is 1.14. The predicted molar refractivity (Wildman–Crippen MR) is 38.7 cm³/mol. The molecule has 0 aliphatic rings. The maximum absolute atomic E-state index is 10.3. The van der Waals surface area contributed by atoms with Gasteiger partial charge in [0.2, 0.25) is 0 Å². The summed E-state index contributed by atoms with van der Waals surface area (Å²) in [5.41, 5.74) is 0.332. The van der Waals surface area contributed by atoms with Gasteiger partial charge in [-0.25, -0.2) is 14.8 Å². The number of carboxylic acid groups (broad SMARTS) is 1. The number of hydrogen-bond donors (Lipinski definition) is 1. The van der Waals surface area contributed by atoms with Crippen molar-refractivity contribution in [3.63, 3.8) is 0 Å². The SMILES string of the molecule is Cc1nc(C(=O)O)cnc1Cl. The van der Waals surface area contributed by atoms with Crippen LogP contribution in [0.2, 0.25) is 5.15 Å². The van der Waals surface area contributed by atoms with Crippen LogP contribution in [-0.4, -0.2) is 21.0 Å². The van der Waals surface area contributed by atoms with Crippen LogP contribution in [0.5, 0.6) is 0 Å². The summed E-state index contributed by atoms with van der Waals surface area (Å²) in [6.07, 6.45) is 1.12. The van der Waals surface area contributed by atoms with Crippen molar-refractivity contribution in [1.29, 1.82) is 0 Å². The lowest BCUT2D eigenvalue weighted by atomic mass is 10.4. The van der Waals surface area contributed by atoms with Gasteiger partial charge in [-0.1, -0.05) is 11.6 Å². The molecule has 11 heavy (non-hydrogen) atoms. The Labute approximate surface area is 67.9 Å². The molecule has 1 N–H and O–H groups in total. The normalized spacial score (nSPS) is 9.64. The summed E-state index contributed by atoms with van der Waals surface area (Å²) >= 11 is 5.52. The molecule has 0 unspecified atom stereocenters. The number of carbonyl (C=O) groups is 1. The first-order valence-corrected chi connectivity index (χ1v) is 3.21. The van der Waals surface area contributed by atoms with Gasteiger partial charge in [0.25, 0.3) is 0 Å². The van der Waals surface area contributed by atoms with Gasteiger partial charge >= 0.3 is 5.97 Å². The first kappa shape index (κ1) is 7.94. The van der Waals surface area contributed by atoms with Crippen LogP contribution in [0.25, 0.3) is 0 Å². The van der Waals surface area contributed by atoms with Crippen LogP contribution in [0.1, 0.15) is 16.2 Å². The standard InChI is InChI=1S/C6H5ClN2O2/c1-3-5(7)8-2-4(9-3)6(10)11/h2H,1H3,(H,10,11). The van der Waals surface area contributed by atoms with Gasteiger partial charge in [-0.15, -0.1) is 0 Å². The highest BCUT2D eigenvalue weighted by Gasteiger charge is 2.06. The van der Waals surface area contributed by atoms with Gasteiger partial charge in [0.05, 0.1) is 11.9 Å². The Bertz CT molecular complexity index is 301. The number of aromatic carboxylic acids is 1. The van der Waals surface area contributed by atoms with E-state index in [1.54, 1.807) is 6.92 Å². The summed E-state index contributed by atoms with van der Waals surface area (Å²) in [4.78, 5) is 17.6. The summed E-state index contributed by atoms with van der Waals surface area (Å²) < 4.78 is 0. The lowest BCUT2D eigenvalue weighted by Gasteiger charge is -1.96. The highest BCUT2D eigenvalue weighted by atomic mass is 35.5. The van der Waals surface area contributed by atoms with E-state index in [4.69, 9.17) is 16.7 Å². The second-order valence-corrected chi connectivity index (χ2v) is 2.29. The van der Waals surface area contributed by atoms with Crippen LogP contribution < -0.4 is 0 Å². The summed E-state index contributed by atoms with van der Waals surface area (Å²) in [6.45, 7) is 1.60. The monoisotopic (exact) mass is 172 g/mol. The van der Waals surface area contributed by atoms with Crippen molar-refractivity contribution in [2.24, 2.45) is 0 Å². The third kappa shape index (κ3) is 1.65. The van der Waals surface area contributed by atoms with Crippen LogP contribution in [-0.2, 0) is 0 Å². The van der Waals surface area contributed by atoms with E-state index in [2.05, 4.69) is 9.97 Å². The van der Waals surface area contributed by atoms with E-state index in [1.165, 1.54) is 0 Å². The van der Waals surface area contributed by atoms with Crippen LogP contribution in [0.15, 0.2) is 6.20 Å². The zero-order valence-corrected chi connectivity index (χ0v) is 6.46. The van der Waals surface area contributed by atoms with Crippen LogP contribution >= 0.6 is 11.6 Å². The van der Waals surface area contributed by atoms with Crippen molar-refractivity contribution in [3.8, 4) is 0 Å². The van der Waals surface area contributed by atoms with E-state index in [-0.39, 0.29) is 10.8 Å². The maximum Gasteiger partial charge on any atom is 0.356 e. The molecule has 4 nitrogen and oxygen atoms in total. The minimum absolute atomic E-state index is 0.0908. The van der Waals surface area contributed by atoms with E-state index in [9.17, 15) is 4.79 Å². The molecule has 0 fully saturated rings. The van der Waals surface area contributed by atoms with E-state index >= 15 is 0 Å². The molecule has 0 atom stereocenters. The average molecular weight is 173 g/mol. The molecule has 1 aromatic heterocycles. The van der Waals surface area contributed by atoms with Gasteiger partial charge in [-0.3, -0.25) is 0 Å². The number of aryl methyl sites for hydroxylation is 1. The quantitative estimate of drug-likeness (QED) is 0.690. The van der Waals surface area contributed by atoms with Crippen molar-refractivity contribution in [2.75, 3.05) is 0 Å². The van der Waals surface area contributed by atoms with Crippen molar-refractivity contribution in [2.45, 2.75) is 6.92 Å². The Morgan fingerprint density at radius 2 is 2.36 bits per heavy atom. The lowest BCUT2D eigenvalue weighted by molar-refractivity contribution is 0.0689. The first-order valence-electron chi connectivity index (χ1n) is 2.83. The van der Waals surface area contributed by atoms with Crippen molar-refractivity contribution in [3.05, 3.63) is 22.7 Å². The zero-order valence-electron chi connectivity index (χ0n) is 5.71. The molecule has 0 saturated heterocycles. The molecule has 1 rings (SSSR count). The zero-order chi connectivity index (χ0) is 8.43. The van der Waals surface area contributed by atoms with Crippen LogP contribution in [0.3, 0.4) is 0 Å². The fourth-order valence-electron chi connectivity index (χ4n) is 0.570. The largest absolute Gasteiger partial charge is 0.476 e. The number of halogens is 1. The molecule has 58 valence electrons. The van der Waals surface area contributed by atoms with Crippen molar-refractivity contribution < 1.29 is 9.90 Å². The second-order valence-electron chi connectivity index (χ2n) is 1.94. The highest BCUT2D eigenvalue weighted by Crippen LogP contribution is 2.08. The Morgan fingerprint density at radius 1 is 1.73 bits per heavy atom. The van der Waals surface area contributed by atoms with Gasteiger partial charge in [0.15, 0.2) is 5.69 Å². The first-order chi connectivity index (χ1) is 5.11. The molecule has 0 aromatic carbocycles. The van der Waals surface area contributed by atoms with E-state index in [0.717, 1.165) is 6.20 Å². The van der Waals surface area contributed by atoms with Gasteiger partial charge in [0, 0.05) is 0 Å². The Hall–Kier alpha value is -1.16. The molecule has 0 saturated carbocycles. The Morgan fingerprint density at radius 3 is 2.82 bits per heavy atom. The number of carboxylic acids is 1. The van der Waals surface area contributed by atoms with Crippen molar-refractivity contribution >= 4 is 17.6 Å². The van der Waals surface area contributed by atoms with Gasteiger partial charge in [-0.2, -0.15) is 0 Å². The number of rotatable bonds is 1. The van der Waals surface area contributed by atoms with Crippen LogP contribution in [0, 0.1) is 6.92 Å². The summed E-state index contributed by atoms with van der Waals surface area (Å²) in [7, 11) is 0. The van der Waals surface area contributed by atoms with E-state index in [0.29, 0.717) is 5.69 Å². The second kappa shape index (κ2) is 2.84. The summed E-state index contributed by atoms with van der Waals surface area (Å²) in [5, 5.41) is 8.69. The molecule has 5 heteroatoms. The molecular weight excluding hydrogens is 168 g/mol. The third-order valence-corrected chi connectivity index (χ3v) is 1.48. The summed E-state index contributed by atoms with van der Waals surface area (Å²) in [6, 6.07) is 0. The Balaban J connectivity index is 3.15. The molecule has 0 aliphatic carbocycles. The maximum atomic E-state index is 10.3. The molecular formula is C6H5ClN2O2. The minimum Gasteiger partial charge on any atom is -0.476 e. The van der Waals surface area contributed by atoms with Gasteiger partial charge < -0.3 is 5.11 Å². The van der Waals surface area contributed by atoms with E-state index < -0.39 is 5.97 Å². The smallest absolute Gasteiger partial charge is 0.356 e. The fourth-order valence-corrected chi connectivity index (χ4v) is 0.661. The molecule has 1 aromatic rings. The fraction of sp³-hybridized carbons (Fsp3) is 0.167. The van der Waals surface area contributed by atoms with Crippen LogP contribution in [0.4, 0.5) is 0 Å². The number of aromatic nitrogens is 2. The molecule has 0 aliphatic heterocycles.